The summed E-state index contributed by atoms with van der Waals surface area (Å²) in [6.07, 6.45) is -29.3. The first-order valence-electron chi connectivity index (χ1n) is 17.0. The average Bonchev–Trinajstić information content (AvgIpc) is 3.15. The molecule has 1 unspecified atom stereocenters. The third-order valence-corrected chi connectivity index (χ3v) is 10.8. The maximum absolute atomic E-state index is 14.2. The molecule has 2 aliphatic heterocycles. The van der Waals surface area contributed by atoms with Crippen LogP contribution in [0.5, 0.6) is 0 Å². The molecule has 6 rings (SSSR count). The van der Waals surface area contributed by atoms with Crippen molar-refractivity contribution in [3.05, 3.63) is 130 Å². The predicted octanol–water partition coefficient (Wildman–Crippen LogP) is 9.06. The van der Waals surface area contributed by atoms with Crippen molar-refractivity contribution in [1.29, 1.82) is 0 Å². The second-order valence-corrected chi connectivity index (χ2v) is 15.0. The fourth-order valence-electron chi connectivity index (χ4n) is 6.26. The fourth-order valence-corrected chi connectivity index (χ4v) is 8.32. The van der Waals surface area contributed by atoms with Crippen LogP contribution >= 0.6 is 8.15 Å². The molecule has 2 saturated heterocycles. The molecule has 0 saturated carbocycles. The largest absolute Gasteiger partial charge is 0.416 e. The topological polar surface area (TPSA) is 75.3 Å². The zero-order chi connectivity index (χ0) is 42.2. The van der Waals surface area contributed by atoms with Crippen LogP contribution in [0.4, 0.5) is 52.7 Å². The molecule has 0 bridgehead atoms. The number of hydrogen-bond acceptors (Lipinski definition) is 6. The zero-order valence-electron chi connectivity index (χ0n) is 29.5. The van der Waals surface area contributed by atoms with E-state index in [0.717, 1.165) is 6.92 Å². The first-order chi connectivity index (χ1) is 27.1. The number of alkyl halides is 12. The number of benzene rings is 4. The summed E-state index contributed by atoms with van der Waals surface area (Å²) < 4.78 is 201. The van der Waals surface area contributed by atoms with Gasteiger partial charge in [-0.1, -0.05) is 60.7 Å². The van der Waals surface area contributed by atoms with E-state index < -0.39 is 109 Å². The van der Waals surface area contributed by atoms with Crippen LogP contribution in [0.2, 0.25) is 0 Å². The van der Waals surface area contributed by atoms with Gasteiger partial charge >= 0.3 is 24.7 Å². The van der Waals surface area contributed by atoms with E-state index in [-0.39, 0.29) is 49.6 Å². The summed E-state index contributed by atoms with van der Waals surface area (Å²) in [6.45, 7) is 0.492. The highest BCUT2D eigenvalue weighted by molar-refractivity contribution is 7.68. The van der Waals surface area contributed by atoms with Crippen LogP contribution in [0.15, 0.2) is 97.1 Å². The number of carbonyl (C=O) groups is 1. The van der Waals surface area contributed by atoms with Crippen molar-refractivity contribution < 1.29 is 81.0 Å². The minimum atomic E-state index is -5.48. The number of halogens is 12. The molecule has 0 spiro atoms. The van der Waals surface area contributed by atoms with Crippen LogP contribution in [-0.2, 0) is 59.6 Å². The van der Waals surface area contributed by atoms with E-state index in [4.69, 9.17) is 23.5 Å². The number of ether oxygens (including phenoxy) is 4. The Bertz CT molecular complexity index is 1910. The number of fused-ring (bicyclic) bond motifs is 1. The zero-order valence-corrected chi connectivity index (χ0v) is 30.4. The van der Waals surface area contributed by atoms with E-state index in [1.54, 1.807) is 60.7 Å². The van der Waals surface area contributed by atoms with Crippen molar-refractivity contribution in [3.8, 4) is 0 Å². The lowest BCUT2D eigenvalue weighted by atomic mass is 9.95. The maximum atomic E-state index is 14.2. The lowest BCUT2D eigenvalue weighted by Gasteiger charge is -2.50. The van der Waals surface area contributed by atoms with Crippen LogP contribution in [-0.4, -0.2) is 43.2 Å². The van der Waals surface area contributed by atoms with Crippen LogP contribution in [0.1, 0.15) is 46.6 Å². The Balaban J connectivity index is 1.56. The summed E-state index contributed by atoms with van der Waals surface area (Å²) >= 11 is 0. The minimum Gasteiger partial charge on any atom is -0.346 e. The van der Waals surface area contributed by atoms with E-state index >= 15 is 0 Å². The minimum absolute atomic E-state index is 0.152. The lowest BCUT2D eigenvalue weighted by molar-refractivity contribution is -0.342. The van der Waals surface area contributed by atoms with Crippen molar-refractivity contribution in [2.45, 2.75) is 75.2 Å². The molecule has 20 heteroatoms. The van der Waals surface area contributed by atoms with E-state index in [2.05, 4.69) is 5.32 Å². The number of hydrogen-bond donors (Lipinski definition) is 1. The van der Waals surface area contributed by atoms with Crippen molar-refractivity contribution >= 4 is 24.7 Å². The van der Waals surface area contributed by atoms with Gasteiger partial charge in [-0.25, -0.2) is 0 Å². The molecular formula is C38H30F12NO6P. The number of amides is 1. The summed E-state index contributed by atoms with van der Waals surface area (Å²) in [6, 6.07) is 14.9. The standard InChI is InChI=1S/C38H30F12NO6P/c1-20(52)51-30-32(31-29(19-54-33(56-31)22-10-6-3-7-11-22)55-34(30)53-18-21-8-4-2-5-9-21)57-58(27-14-23(35(39,40)41)12-24(15-27)36(42,43)44)28-16-25(37(45,46)47)13-26(17-28)38(48,49)50/h2-17,29-34H,18-19H2,1H3,(H,51,52)/t29-,30-,31-,32-,33?,34+/m1/s1. The SMILES string of the molecule is CC(=O)N[C@H]1[C@@H](OCc2ccccc2)O[C@@H]2COC(c3ccccc3)O[C@H]2[C@@H]1OP(c1cc(C(F)(F)F)cc(C(F)(F)F)c1)c1cc(C(F)(F)F)cc(C(F)(F)F)c1. The highest BCUT2D eigenvalue weighted by Gasteiger charge is 2.53. The van der Waals surface area contributed by atoms with Crippen molar-refractivity contribution in [2.24, 2.45) is 0 Å². The van der Waals surface area contributed by atoms with E-state index in [1.165, 1.54) is 0 Å². The van der Waals surface area contributed by atoms with Gasteiger partial charge in [-0.3, -0.25) is 4.79 Å². The van der Waals surface area contributed by atoms with Gasteiger partial charge < -0.3 is 28.8 Å². The lowest BCUT2D eigenvalue weighted by Crippen LogP contribution is -2.67. The van der Waals surface area contributed by atoms with Gasteiger partial charge in [0.1, 0.15) is 24.4 Å². The normalized spacial score (nSPS) is 23.1. The number of carbonyl (C=O) groups excluding carboxylic acids is 1. The first-order valence-corrected chi connectivity index (χ1v) is 18.3. The van der Waals surface area contributed by atoms with Crippen LogP contribution < -0.4 is 15.9 Å². The second-order valence-electron chi connectivity index (χ2n) is 13.1. The summed E-state index contributed by atoms with van der Waals surface area (Å²) in [5, 5.41) is 0.378. The number of nitrogens with one attached hydrogen (secondary N) is 1. The van der Waals surface area contributed by atoms with Crippen molar-refractivity contribution in [2.75, 3.05) is 6.61 Å². The highest BCUT2D eigenvalue weighted by atomic mass is 31.1. The van der Waals surface area contributed by atoms with E-state index in [9.17, 15) is 57.5 Å². The Morgan fingerprint density at radius 3 is 1.60 bits per heavy atom. The molecule has 0 aliphatic carbocycles. The maximum Gasteiger partial charge on any atom is 0.416 e. The first kappa shape index (κ1) is 43.3. The average molecular weight is 856 g/mol. The molecule has 0 aromatic heterocycles. The van der Waals surface area contributed by atoms with Gasteiger partial charge in [-0.05, 0) is 42.0 Å². The molecule has 0 radical (unpaired) electrons. The van der Waals surface area contributed by atoms with Gasteiger partial charge in [0, 0.05) is 23.1 Å². The van der Waals surface area contributed by atoms with Gasteiger partial charge in [0.05, 0.1) is 43.6 Å². The Labute approximate surface area is 323 Å². The Morgan fingerprint density at radius 2 is 1.16 bits per heavy atom. The summed E-state index contributed by atoms with van der Waals surface area (Å²) in [5.41, 5.74) is -6.71. The predicted molar refractivity (Wildman–Crippen MR) is 181 cm³/mol. The molecule has 2 fully saturated rings. The fraction of sp³-hybridized carbons (Fsp3) is 0.342. The van der Waals surface area contributed by atoms with Crippen molar-refractivity contribution in [3.63, 3.8) is 0 Å². The Morgan fingerprint density at radius 1 is 0.690 bits per heavy atom. The van der Waals surface area contributed by atoms with Crippen LogP contribution in [0.3, 0.4) is 0 Å². The molecule has 1 N–H and O–H groups in total. The van der Waals surface area contributed by atoms with Crippen LogP contribution in [0, 0.1) is 0 Å². The second kappa shape index (κ2) is 16.8. The Hall–Kier alpha value is -4.26. The quantitative estimate of drug-likeness (QED) is 0.134. The van der Waals surface area contributed by atoms with E-state index in [0.29, 0.717) is 11.1 Å². The van der Waals surface area contributed by atoms with Crippen molar-refractivity contribution in [1.82, 2.24) is 5.32 Å². The molecule has 7 nitrogen and oxygen atoms in total. The molecule has 4 aromatic carbocycles. The third-order valence-electron chi connectivity index (χ3n) is 8.88. The molecule has 4 aromatic rings. The molecular weight excluding hydrogens is 825 g/mol. The van der Waals surface area contributed by atoms with Gasteiger partial charge in [0.15, 0.2) is 12.6 Å². The number of rotatable bonds is 9. The van der Waals surface area contributed by atoms with Gasteiger partial charge in [0.2, 0.25) is 5.91 Å². The van der Waals surface area contributed by atoms with Gasteiger partial charge in [-0.15, -0.1) is 0 Å². The summed E-state index contributed by atoms with van der Waals surface area (Å²) in [5.74, 6) is -0.804. The molecule has 58 heavy (non-hydrogen) atoms. The molecule has 1 amide bonds. The molecule has 6 atom stereocenters. The highest BCUT2D eigenvalue weighted by Crippen LogP contribution is 2.48. The third kappa shape index (κ3) is 10.3. The van der Waals surface area contributed by atoms with Gasteiger partial charge in [0.25, 0.3) is 0 Å². The van der Waals surface area contributed by atoms with Gasteiger partial charge in [-0.2, -0.15) is 52.7 Å². The summed E-state index contributed by atoms with van der Waals surface area (Å²) in [7, 11) is -3.54. The monoisotopic (exact) mass is 855 g/mol. The molecule has 2 heterocycles. The Kier molecular flexibility index (Phi) is 12.5. The van der Waals surface area contributed by atoms with Crippen LogP contribution in [0.25, 0.3) is 0 Å². The van der Waals surface area contributed by atoms with E-state index in [1.807, 2.05) is 0 Å². The molecule has 312 valence electrons. The molecule has 2 aliphatic rings. The summed E-state index contributed by atoms with van der Waals surface area (Å²) in [4.78, 5) is 12.7. The smallest absolute Gasteiger partial charge is 0.346 e.